The number of hydrogen-bond acceptors (Lipinski definition) is 3. The van der Waals surface area contributed by atoms with Gasteiger partial charge < -0.3 is 5.32 Å². The summed E-state index contributed by atoms with van der Waals surface area (Å²) in [7, 11) is 0. The highest BCUT2D eigenvalue weighted by molar-refractivity contribution is 5.91. The molecule has 2 heterocycles. The number of aromatic nitrogens is 3. The van der Waals surface area contributed by atoms with Gasteiger partial charge in [-0.1, -0.05) is 42.5 Å². The lowest BCUT2D eigenvalue weighted by Gasteiger charge is -2.07. The third-order valence-corrected chi connectivity index (χ3v) is 4.16. The molecule has 0 spiro atoms. The van der Waals surface area contributed by atoms with Crippen molar-refractivity contribution in [3.63, 3.8) is 0 Å². The molecule has 0 aliphatic carbocycles. The molecule has 26 heavy (non-hydrogen) atoms. The minimum atomic E-state index is 0.00247. The Labute approximate surface area is 151 Å². The lowest BCUT2D eigenvalue weighted by Crippen LogP contribution is -2.12. The Bertz CT molecular complexity index is 1010. The van der Waals surface area contributed by atoms with Crippen LogP contribution >= 0.6 is 0 Å². The zero-order valence-electron chi connectivity index (χ0n) is 14.2. The number of imidazole rings is 1. The Hall–Kier alpha value is -3.47. The molecule has 1 amide bonds. The number of anilines is 1. The van der Waals surface area contributed by atoms with E-state index in [0.29, 0.717) is 12.2 Å². The molecule has 0 bridgehead atoms. The molecule has 2 aromatic carbocycles. The molecule has 0 atom stereocenters. The van der Waals surface area contributed by atoms with Gasteiger partial charge >= 0.3 is 0 Å². The van der Waals surface area contributed by atoms with Crippen molar-refractivity contribution in [2.45, 2.75) is 12.8 Å². The van der Waals surface area contributed by atoms with Gasteiger partial charge in [0, 0.05) is 36.3 Å². The average Bonchev–Trinajstić information content (AvgIpc) is 3.12. The second kappa shape index (κ2) is 7.19. The molecule has 4 aromatic rings. The van der Waals surface area contributed by atoms with Crippen LogP contribution in [-0.4, -0.2) is 20.3 Å². The Balaban J connectivity index is 1.46. The van der Waals surface area contributed by atoms with Gasteiger partial charge in [-0.2, -0.15) is 0 Å². The summed E-state index contributed by atoms with van der Waals surface area (Å²) in [4.78, 5) is 21.0. The van der Waals surface area contributed by atoms with Gasteiger partial charge in [0.2, 0.25) is 11.7 Å². The van der Waals surface area contributed by atoms with Gasteiger partial charge in [0.25, 0.3) is 0 Å². The van der Waals surface area contributed by atoms with Gasteiger partial charge in [-0.3, -0.25) is 9.20 Å². The molecule has 1 N–H and O–H groups in total. The van der Waals surface area contributed by atoms with Crippen molar-refractivity contribution in [3.05, 3.63) is 84.8 Å². The van der Waals surface area contributed by atoms with Crippen LogP contribution in [0, 0.1) is 0 Å². The minimum Gasteiger partial charge on any atom is -0.326 e. The highest BCUT2D eigenvalue weighted by Crippen LogP contribution is 2.22. The van der Waals surface area contributed by atoms with Crippen molar-refractivity contribution in [1.29, 1.82) is 0 Å². The van der Waals surface area contributed by atoms with E-state index in [4.69, 9.17) is 0 Å². The molecule has 0 aliphatic heterocycles. The topological polar surface area (TPSA) is 59.3 Å². The predicted molar refractivity (Wildman–Crippen MR) is 102 cm³/mol. The van der Waals surface area contributed by atoms with Crippen LogP contribution < -0.4 is 5.32 Å². The van der Waals surface area contributed by atoms with E-state index < -0.39 is 0 Å². The number of nitrogens with one attached hydrogen (secondary N) is 1. The van der Waals surface area contributed by atoms with E-state index in [1.165, 1.54) is 0 Å². The van der Waals surface area contributed by atoms with E-state index in [2.05, 4.69) is 15.3 Å². The Morgan fingerprint density at radius 1 is 1.04 bits per heavy atom. The molecule has 2 aromatic heterocycles. The zero-order valence-corrected chi connectivity index (χ0v) is 14.2. The van der Waals surface area contributed by atoms with Crippen molar-refractivity contribution >= 4 is 17.4 Å². The maximum Gasteiger partial charge on any atom is 0.234 e. The van der Waals surface area contributed by atoms with E-state index in [0.717, 1.165) is 28.9 Å². The van der Waals surface area contributed by atoms with Crippen LogP contribution in [0.5, 0.6) is 0 Å². The molecule has 5 nitrogen and oxygen atoms in total. The van der Waals surface area contributed by atoms with E-state index in [9.17, 15) is 4.79 Å². The molecule has 0 aliphatic rings. The van der Waals surface area contributed by atoms with Crippen molar-refractivity contribution in [3.8, 4) is 11.3 Å². The van der Waals surface area contributed by atoms with Gasteiger partial charge in [0.15, 0.2) is 0 Å². The molecule has 128 valence electrons. The van der Waals surface area contributed by atoms with Crippen LogP contribution in [-0.2, 0) is 11.2 Å². The van der Waals surface area contributed by atoms with Gasteiger partial charge in [0.1, 0.15) is 0 Å². The third-order valence-electron chi connectivity index (χ3n) is 4.16. The van der Waals surface area contributed by atoms with E-state index in [1.807, 2.05) is 77.5 Å². The van der Waals surface area contributed by atoms with Crippen LogP contribution in [0.15, 0.2) is 79.3 Å². The normalized spacial score (nSPS) is 10.8. The highest BCUT2D eigenvalue weighted by atomic mass is 16.1. The van der Waals surface area contributed by atoms with E-state index in [-0.39, 0.29) is 5.91 Å². The number of aryl methyl sites for hydroxylation is 1. The molecule has 0 unspecified atom stereocenters. The maximum absolute atomic E-state index is 12.2. The summed E-state index contributed by atoms with van der Waals surface area (Å²) in [5.74, 6) is 0.655. The monoisotopic (exact) mass is 342 g/mol. The molecule has 0 saturated carbocycles. The lowest BCUT2D eigenvalue weighted by molar-refractivity contribution is -0.116. The van der Waals surface area contributed by atoms with Crippen molar-refractivity contribution in [2.75, 3.05) is 5.32 Å². The highest BCUT2D eigenvalue weighted by Gasteiger charge is 2.07. The van der Waals surface area contributed by atoms with Gasteiger partial charge in [-0.25, -0.2) is 9.97 Å². The summed E-state index contributed by atoms with van der Waals surface area (Å²) >= 11 is 0. The quantitative estimate of drug-likeness (QED) is 0.597. The number of amides is 1. The summed E-state index contributed by atoms with van der Waals surface area (Å²) in [6, 6.07) is 19.6. The second-order valence-corrected chi connectivity index (χ2v) is 6.07. The summed E-state index contributed by atoms with van der Waals surface area (Å²) in [5.41, 5.74) is 3.69. The van der Waals surface area contributed by atoms with Crippen LogP contribution in [0.2, 0.25) is 0 Å². The molecule has 0 radical (unpaired) electrons. The Morgan fingerprint density at radius 3 is 2.77 bits per heavy atom. The summed E-state index contributed by atoms with van der Waals surface area (Å²) in [6.45, 7) is 0. The first-order valence-electron chi connectivity index (χ1n) is 8.52. The number of hydrogen-bond donors (Lipinski definition) is 1. The molecule has 5 heteroatoms. The van der Waals surface area contributed by atoms with Crippen LogP contribution in [0.1, 0.15) is 12.0 Å². The Morgan fingerprint density at radius 2 is 1.92 bits per heavy atom. The predicted octanol–water partition coefficient (Wildman–Crippen LogP) is 3.97. The standard InChI is InChI=1S/C21H18N4O/c26-20(11-10-16-6-2-1-3-7-16)23-18-9-4-8-17(14-18)19-15-25-13-5-12-22-21(25)24-19/h1-9,12-15H,10-11H2,(H,23,26). The SMILES string of the molecule is O=C(CCc1ccccc1)Nc1cccc(-c2cn3cccnc3n2)c1. The number of carbonyl (C=O) groups is 1. The average molecular weight is 342 g/mol. The minimum absolute atomic E-state index is 0.00247. The summed E-state index contributed by atoms with van der Waals surface area (Å²) < 4.78 is 1.88. The first-order valence-corrected chi connectivity index (χ1v) is 8.52. The van der Waals surface area contributed by atoms with Gasteiger partial charge in [-0.05, 0) is 30.2 Å². The largest absolute Gasteiger partial charge is 0.326 e. The molecule has 0 fully saturated rings. The van der Waals surface area contributed by atoms with Gasteiger partial charge in [-0.15, -0.1) is 0 Å². The molecular weight excluding hydrogens is 324 g/mol. The molecule has 0 saturated heterocycles. The smallest absolute Gasteiger partial charge is 0.234 e. The van der Waals surface area contributed by atoms with Crippen molar-refractivity contribution in [1.82, 2.24) is 14.4 Å². The summed E-state index contributed by atoms with van der Waals surface area (Å²) in [6.07, 6.45) is 6.74. The number of fused-ring (bicyclic) bond motifs is 1. The second-order valence-electron chi connectivity index (χ2n) is 6.07. The number of benzene rings is 2. The van der Waals surface area contributed by atoms with Gasteiger partial charge in [0.05, 0.1) is 5.69 Å². The number of rotatable bonds is 5. The lowest BCUT2D eigenvalue weighted by atomic mass is 10.1. The van der Waals surface area contributed by atoms with Crippen molar-refractivity contribution < 1.29 is 4.79 Å². The fourth-order valence-electron chi connectivity index (χ4n) is 2.85. The van der Waals surface area contributed by atoms with Crippen LogP contribution in [0.25, 0.3) is 17.0 Å². The molecule has 4 rings (SSSR count). The van der Waals surface area contributed by atoms with E-state index in [1.54, 1.807) is 6.20 Å². The van der Waals surface area contributed by atoms with Crippen LogP contribution in [0.3, 0.4) is 0 Å². The maximum atomic E-state index is 12.2. The fourth-order valence-corrected chi connectivity index (χ4v) is 2.85. The first-order chi connectivity index (χ1) is 12.8. The van der Waals surface area contributed by atoms with E-state index >= 15 is 0 Å². The summed E-state index contributed by atoms with van der Waals surface area (Å²) in [5, 5.41) is 2.97. The fraction of sp³-hybridized carbons (Fsp3) is 0.0952. The molecular formula is C21H18N4O. The third kappa shape index (κ3) is 3.62. The van der Waals surface area contributed by atoms with Crippen LogP contribution in [0.4, 0.5) is 5.69 Å². The number of nitrogens with zero attached hydrogens (tertiary/aromatic N) is 3. The number of carbonyl (C=O) groups excluding carboxylic acids is 1. The zero-order chi connectivity index (χ0) is 17.8. The Kier molecular flexibility index (Phi) is 4.43. The van der Waals surface area contributed by atoms with Crippen molar-refractivity contribution in [2.24, 2.45) is 0 Å². The first kappa shape index (κ1) is 16.0.